The first-order valence-corrected chi connectivity index (χ1v) is 8.83. The van der Waals surface area contributed by atoms with E-state index in [2.05, 4.69) is 10.2 Å². The van der Waals surface area contributed by atoms with Gasteiger partial charge in [0.2, 0.25) is 12.7 Å². The molecule has 0 fully saturated rings. The van der Waals surface area contributed by atoms with Crippen molar-refractivity contribution in [3.63, 3.8) is 0 Å². The van der Waals surface area contributed by atoms with Gasteiger partial charge in [0.15, 0.2) is 23.1 Å². The number of fused-ring (bicyclic) bond motifs is 2. The van der Waals surface area contributed by atoms with E-state index in [0.29, 0.717) is 30.3 Å². The van der Waals surface area contributed by atoms with Crippen molar-refractivity contribution in [3.8, 4) is 22.9 Å². The largest absolute Gasteiger partial charge is 0.454 e. The highest BCUT2D eigenvalue weighted by atomic mass is 16.7. The molecule has 0 N–H and O–H groups in total. The van der Waals surface area contributed by atoms with E-state index >= 15 is 0 Å². The van der Waals surface area contributed by atoms with Crippen LogP contribution in [0.5, 0.6) is 11.5 Å². The van der Waals surface area contributed by atoms with Crippen LogP contribution < -0.4 is 9.47 Å². The molecular weight excluding hydrogens is 344 g/mol. The maximum atomic E-state index is 13.0. The van der Waals surface area contributed by atoms with Gasteiger partial charge in [-0.2, -0.15) is 0 Å². The molecule has 7 heteroatoms. The Hall–Kier alpha value is -3.35. The van der Waals surface area contributed by atoms with Gasteiger partial charge in [0.05, 0.1) is 6.54 Å². The van der Waals surface area contributed by atoms with Crippen LogP contribution in [0.4, 0.5) is 0 Å². The molecule has 0 saturated heterocycles. The van der Waals surface area contributed by atoms with Gasteiger partial charge in [0, 0.05) is 19.0 Å². The maximum Gasteiger partial charge on any atom is 0.246 e. The second-order valence-electron chi connectivity index (χ2n) is 6.78. The summed E-state index contributed by atoms with van der Waals surface area (Å²) in [4.78, 5) is 14.7. The molecule has 5 rings (SSSR count). The number of ether oxygens (including phenoxy) is 2. The Balaban J connectivity index is 1.59. The molecule has 3 aromatic rings. The SMILES string of the molecule is CN1Cc2nnc(-c3ccc4c(c3)OCO4)n2[C@H](Cc2ccccc2)C1=O. The van der Waals surface area contributed by atoms with Crippen LogP contribution in [-0.2, 0) is 17.8 Å². The molecular formula is C20H18N4O3. The molecule has 0 saturated carbocycles. The molecule has 0 bridgehead atoms. The Labute approximate surface area is 156 Å². The zero-order valence-electron chi connectivity index (χ0n) is 14.8. The van der Waals surface area contributed by atoms with Gasteiger partial charge in [0.1, 0.15) is 6.04 Å². The van der Waals surface area contributed by atoms with Gasteiger partial charge in [-0.25, -0.2) is 0 Å². The van der Waals surface area contributed by atoms with Gasteiger partial charge >= 0.3 is 0 Å². The third-order valence-corrected chi connectivity index (χ3v) is 5.02. The van der Waals surface area contributed by atoms with E-state index in [1.54, 1.807) is 11.9 Å². The van der Waals surface area contributed by atoms with Crippen LogP contribution in [0.1, 0.15) is 17.4 Å². The first-order chi connectivity index (χ1) is 13.2. The lowest BCUT2D eigenvalue weighted by atomic mass is 10.0. The van der Waals surface area contributed by atoms with Gasteiger partial charge < -0.3 is 14.4 Å². The molecule has 2 aliphatic heterocycles. The average Bonchev–Trinajstić information content (AvgIpc) is 3.32. The number of hydrogen-bond acceptors (Lipinski definition) is 5. The summed E-state index contributed by atoms with van der Waals surface area (Å²) < 4.78 is 12.8. The highest BCUT2D eigenvalue weighted by Crippen LogP contribution is 2.37. The van der Waals surface area contributed by atoms with Crippen molar-refractivity contribution in [2.45, 2.75) is 19.0 Å². The number of amides is 1. The van der Waals surface area contributed by atoms with E-state index in [4.69, 9.17) is 9.47 Å². The molecule has 1 amide bonds. The van der Waals surface area contributed by atoms with E-state index in [1.165, 1.54) is 0 Å². The van der Waals surface area contributed by atoms with Crippen LogP contribution in [0.15, 0.2) is 48.5 Å². The van der Waals surface area contributed by atoms with Crippen molar-refractivity contribution in [2.75, 3.05) is 13.8 Å². The molecule has 0 unspecified atom stereocenters. The zero-order valence-corrected chi connectivity index (χ0v) is 14.8. The van der Waals surface area contributed by atoms with Crippen molar-refractivity contribution < 1.29 is 14.3 Å². The second-order valence-corrected chi connectivity index (χ2v) is 6.78. The van der Waals surface area contributed by atoms with Crippen LogP contribution in [0.25, 0.3) is 11.4 Å². The number of likely N-dealkylation sites (N-methyl/N-ethyl adjacent to an activating group) is 1. The molecule has 2 aliphatic rings. The minimum Gasteiger partial charge on any atom is -0.454 e. The molecule has 0 aliphatic carbocycles. The van der Waals surface area contributed by atoms with Gasteiger partial charge in [-0.15, -0.1) is 10.2 Å². The summed E-state index contributed by atoms with van der Waals surface area (Å²) in [7, 11) is 1.80. The fourth-order valence-corrected chi connectivity index (χ4v) is 3.66. The van der Waals surface area contributed by atoms with E-state index in [-0.39, 0.29) is 18.7 Å². The minimum atomic E-state index is -0.378. The summed E-state index contributed by atoms with van der Waals surface area (Å²) in [6.45, 7) is 0.665. The number of nitrogens with zero attached hydrogens (tertiary/aromatic N) is 4. The fraction of sp³-hybridized carbons (Fsp3) is 0.250. The molecule has 0 radical (unpaired) electrons. The summed E-state index contributed by atoms with van der Waals surface area (Å²) in [5.74, 6) is 2.92. The lowest BCUT2D eigenvalue weighted by molar-refractivity contribution is -0.135. The Morgan fingerprint density at radius 1 is 1.07 bits per heavy atom. The summed E-state index contributed by atoms with van der Waals surface area (Å²) in [5, 5.41) is 8.74. The topological polar surface area (TPSA) is 69.5 Å². The monoisotopic (exact) mass is 362 g/mol. The molecule has 27 heavy (non-hydrogen) atoms. The predicted octanol–water partition coefficient (Wildman–Crippen LogP) is 2.43. The number of benzene rings is 2. The minimum absolute atomic E-state index is 0.0631. The summed E-state index contributed by atoms with van der Waals surface area (Å²) in [5.41, 5.74) is 1.95. The number of carbonyl (C=O) groups excluding carboxylic acids is 1. The van der Waals surface area contributed by atoms with Crippen LogP contribution in [0, 0.1) is 0 Å². The van der Waals surface area contributed by atoms with Crippen molar-refractivity contribution >= 4 is 5.91 Å². The van der Waals surface area contributed by atoms with E-state index in [1.807, 2.05) is 53.1 Å². The van der Waals surface area contributed by atoms with E-state index in [9.17, 15) is 4.79 Å². The number of rotatable bonds is 3. The van der Waals surface area contributed by atoms with Gasteiger partial charge in [-0.1, -0.05) is 30.3 Å². The number of hydrogen-bond donors (Lipinski definition) is 0. The molecule has 7 nitrogen and oxygen atoms in total. The highest BCUT2D eigenvalue weighted by Gasteiger charge is 2.35. The summed E-state index contributed by atoms with van der Waals surface area (Å²) >= 11 is 0. The fourth-order valence-electron chi connectivity index (χ4n) is 3.66. The van der Waals surface area contributed by atoms with E-state index < -0.39 is 0 Å². The molecule has 1 atom stereocenters. The smallest absolute Gasteiger partial charge is 0.246 e. The second kappa shape index (κ2) is 6.12. The van der Waals surface area contributed by atoms with Gasteiger partial charge in [-0.05, 0) is 23.8 Å². The summed E-state index contributed by atoms with van der Waals surface area (Å²) in [6, 6.07) is 15.3. The van der Waals surface area contributed by atoms with Gasteiger partial charge in [0.25, 0.3) is 0 Å². The lowest BCUT2D eigenvalue weighted by Gasteiger charge is -2.31. The molecule has 2 aromatic carbocycles. The third-order valence-electron chi connectivity index (χ3n) is 5.02. The Morgan fingerprint density at radius 2 is 1.89 bits per heavy atom. The quantitative estimate of drug-likeness (QED) is 0.716. The Kier molecular flexibility index (Phi) is 3.60. The lowest BCUT2D eigenvalue weighted by Crippen LogP contribution is -2.41. The zero-order chi connectivity index (χ0) is 18.4. The maximum absolute atomic E-state index is 13.0. The number of aromatic nitrogens is 3. The first-order valence-electron chi connectivity index (χ1n) is 8.83. The third kappa shape index (κ3) is 2.63. The standard InChI is InChI=1S/C20H18N4O3/c1-23-11-18-21-22-19(14-7-8-16-17(10-14)27-12-26-16)24(18)15(20(23)25)9-13-5-3-2-4-6-13/h2-8,10,15H,9,11-12H2,1H3/t15-/m1/s1. The Morgan fingerprint density at radius 3 is 2.74 bits per heavy atom. The molecule has 1 aromatic heterocycles. The van der Waals surface area contributed by atoms with Crippen LogP contribution >= 0.6 is 0 Å². The van der Waals surface area contributed by atoms with Crippen molar-refractivity contribution in [2.24, 2.45) is 0 Å². The van der Waals surface area contributed by atoms with Crippen LogP contribution in [0.3, 0.4) is 0 Å². The first kappa shape index (κ1) is 15.9. The van der Waals surface area contributed by atoms with Crippen molar-refractivity contribution in [3.05, 3.63) is 59.9 Å². The summed E-state index contributed by atoms with van der Waals surface area (Å²) in [6.07, 6.45) is 0.590. The van der Waals surface area contributed by atoms with Crippen molar-refractivity contribution in [1.29, 1.82) is 0 Å². The van der Waals surface area contributed by atoms with Crippen molar-refractivity contribution in [1.82, 2.24) is 19.7 Å². The van der Waals surface area contributed by atoms with E-state index in [0.717, 1.165) is 17.0 Å². The van der Waals surface area contributed by atoms with Crippen LogP contribution in [0.2, 0.25) is 0 Å². The predicted molar refractivity (Wildman–Crippen MR) is 97.2 cm³/mol. The average molecular weight is 362 g/mol. The normalized spacial score (nSPS) is 17.9. The molecule has 3 heterocycles. The van der Waals surface area contributed by atoms with Gasteiger partial charge in [-0.3, -0.25) is 9.36 Å². The highest BCUT2D eigenvalue weighted by molar-refractivity contribution is 5.82. The molecule has 136 valence electrons. The number of carbonyl (C=O) groups is 1. The van der Waals surface area contributed by atoms with Crippen LogP contribution in [-0.4, -0.2) is 39.4 Å². The Bertz CT molecular complexity index is 1020. The molecule has 0 spiro atoms.